The summed E-state index contributed by atoms with van der Waals surface area (Å²) in [7, 11) is 0. The van der Waals surface area contributed by atoms with Crippen LogP contribution in [0.2, 0.25) is 0 Å². The van der Waals surface area contributed by atoms with Crippen molar-refractivity contribution in [2.45, 2.75) is 18.3 Å². The summed E-state index contributed by atoms with van der Waals surface area (Å²) in [5.74, 6) is 0. The second kappa shape index (κ2) is 6.35. The van der Waals surface area contributed by atoms with Gasteiger partial charge in [0.05, 0.1) is 6.04 Å². The van der Waals surface area contributed by atoms with Crippen LogP contribution in [-0.2, 0) is 0 Å². The number of benzene rings is 3. The van der Waals surface area contributed by atoms with Crippen LogP contribution in [0.4, 0.5) is 13.2 Å². The summed E-state index contributed by atoms with van der Waals surface area (Å²) in [6, 6.07) is 14.6. The molecule has 0 aromatic heterocycles. The number of nitrogens with two attached hydrogens (primary N) is 1. The molecule has 122 valence electrons. The lowest BCUT2D eigenvalue weighted by atomic mass is 9.91. The molecule has 0 aliphatic rings. The molecule has 0 amide bonds. The molecule has 0 unspecified atom stereocenters. The van der Waals surface area contributed by atoms with E-state index in [1.165, 1.54) is 0 Å². The highest BCUT2D eigenvalue weighted by atomic mass is 35.5. The Labute approximate surface area is 137 Å². The zero-order valence-corrected chi connectivity index (χ0v) is 12.7. The first kappa shape index (κ1) is 17.5. The Morgan fingerprint density at radius 2 is 1.39 bits per heavy atom. The largest absolute Gasteiger partial charge is 0.416 e. The predicted molar refractivity (Wildman–Crippen MR) is 87.7 cm³/mol. The Bertz CT molecular complexity index is 835. The molecule has 0 saturated carbocycles. The Morgan fingerprint density at radius 1 is 0.870 bits per heavy atom. The van der Waals surface area contributed by atoms with Gasteiger partial charge in [-0.15, -0.1) is 12.4 Å². The van der Waals surface area contributed by atoms with Gasteiger partial charge < -0.3 is 10.8 Å². The minimum Gasteiger partial charge on any atom is -0.382 e. The van der Waals surface area contributed by atoms with Crippen LogP contribution in [0.3, 0.4) is 0 Å². The number of aliphatic hydroxyl groups is 1. The number of hydrogen-bond acceptors (Lipinski definition) is 2. The van der Waals surface area contributed by atoms with Crippen molar-refractivity contribution in [1.82, 2.24) is 0 Å². The van der Waals surface area contributed by atoms with Gasteiger partial charge in [-0.25, -0.2) is 0 Å². The van der Waals surface area contributed by atoms with E-state index < -0.39 is 18.3 Å². The van der Waals surface area contributed by atoms with Gasteiger partial charge >= 0.3 is 6.18 Å². The average Bonchev–Trinajstić information content (AvgIpc) is 2.52. The van der Waals surface area contributed by atoms with E-state index in [0.29, 0.717) is 10.9 Å². The third kappa shape index (κ3) is 3.13. The SMILES string of the molecule is Cl.N[C@@H](c1cc2ccccc2c2ccccc12)[C@H](O)C(F)(F)F. The third-order valence-electron chi connectivity index (χ3n) is 3.83. The van der Waals surface area contributed by atoms with E-state index in [0.717, 1.165) is 16.2 Å². The predicted octanol–water partition coefficient (Wildman–Crippen LogP) is 4.34. The lowest BCUT2D eigenvalue weighted by Crippen LogP contribution is -2.38. The summed E-state index contributed by atoms with van der Waals surface area (Å²) in [5.41, 5.74) is 6.00. The molecular formula is C17H15ClF3NO. The number of halogens is 4. The third-order valence-corrected chi connectivity index (χ3v) is 3.83. The van der Waals surface area contributed by atoms with Gasteiger partial charge in [0.1, 0.15) is 0 Å². The number of alkyl halides is 3. The van der Waals surface area contributed by atoms with Gasteiger partial charge in [-0.3, -0.25) is 0 Å². The van der Waals surface area contributed by atoms with Crippen LogP contribution < -0.4 is 5.73 Å². The highest BCUT2D eigenvalue weighted by Gasteiger charge is 2.43. The molecule has 0 fully saturated rings. The Hall–Kier alpha value is -1.82. The average molecular weight is 342 g/mol. The minimum absolute atomic E-state index is 0. The summed E-state index contributed by atoms with van der Waals surface area (Å²) in [4.78, 5) is 0. The first-order chi connectivity index (χ1) is 10.4. The van der Waals surface area contributed by atoms with Crippen LogP contribution in [0.15, 0.2) is 54.6 Å². The van der Waals surface area contributed by atoms with Crippen molar-refractivity contribution in [3.8, 4) is 0 Å². The van der Waals surface area contributed by atoms with Gasteiger partial charge in [-0.1, -0.05) is 48.5 Å². The number of fused-ring (bicyclic) bond motifs is 3. The minimum atomic E-state index is -4.76. The van der Waals surface area contributed by atoms with Gasteiger partial charge in [0.15, 0.2) is 6.10 Å². The quantitative estimate of drug-likeness (QED) is 0.681. The second-order valence-corrected chi connectivity index (χ2v) is 5.24. The van der Waals surface area contributed by atoms with E-state index >= 15 is 0 Å². The fourth-order valence-electron chi connectivity index (χ4n) is 2.73. The first-order valence-electron chi connectivity index (χ1n) is 6.80. The van der Waals surface area contributed by atoms with Gasteiger partial charge in [0.25, 0.3) is 0 Å². The lowest BCUT2D eigenvalue weighted by Gasteiger charge is -2.23. The molecule has 0 aliphatic heterocycles. The Kier molecular flexibility index (Phi) is 4.84. The maximum absolute atomic E-state index is 12.8. The number of hydrogen-bond donors (Lipinski definition) is 2. The summed E-state index contributed by atoms with van der Waals surface area (Å²) < 4.78 is 38.3. The molecule has 0 radical (unpaired) electrons. The molecule has 3 rings (SSSR count). The highest BCUT2D eigenvalue weighted by molar-refractivity contribution is 6.09. The van der Waals surface area contributed by atoms with Gasteiger partial charge in [0, 0.05) is 0 Å². The molecule has 3 aromatic carbocycles. The van der Waals surface area contributed by atoms with E-state index in [1.54, 1.807) is 18.2 Å². The zero-order chi connectivity index (χ0) is 15.9. The van der Waals surface area contributed by atoms with Crippen molar-refractivity contribution >= 4 is 34.0 Å². The molecule has 6 heteroatoms. The van der Waals surface area contributed by atoms with Crippen LogP contribution in [-0.4, -0.2) is 17.4 Å². The molecule has 2 atom stereocenters. The molecule has 0 aliphatic carbocycles. The second-order valence-electron chi connectivity index (χ2n) is 5.24. The standard InChI is InChI=1S/C17H14F3NO.ClH/c18-17(19,20)16(22)15(21)14-9-10-5-1-2-6-11(10)12-7-3-4-8-13(12)14;/h1-9,15-16,22H,21H2;1H/t15-,16-;/m0./s1. The van der Waals surface area contributed by atoms with Crippen molar-refractivity contribution in [3.63, 3.8) is 0 Å². The monoisotopic (exact) mass is 341 g/mol. The number of rotatable bonds is 2. The molecule has 0 bridgehead atoms. The number of aliphatic hydroxyl groups excluding tert-OH is 1. The van der Waals surface area contributed by atoms with E-state index in [1.807, 2.05) is 36.4 Å². The molecular weight excluding hydrogens is 327 g/mol. The molecule has 2 nitrogen and oxygen atoms in total. The van der Waals surface area contributed by atoms with Crippen LogP contribution in [0.25, 0.3) is 21.5 Å². The molecule has 23 heavy (non-hydrogen) atoms. The van der Waals surface area contributed by atoms with Gasteiger partial charge in [-0.05, 0) is 33.2 Å². The molecule has 3 N–H and O–H groups in total. The van der Waals surface area contributed by atoms with Crippen molar-refractivity contribution in [2.75, 3.05) is 0 Å². The van der Waals surface area contributed by atoms with Crippen LogP contribution >= 0.6 is 12.4 Å². The fraction of sp³-hybridized carbons (Fsp3) is 0.176. The van der Waals surface area contributed by atoms with E-state index in [2.05, 4.69) is 0 Å². The fourth-order valence-corrected chi connectivity index (χ4v) is 2.73. The maximum Gasteiger partial charge on any atom is 0.416 e. The topological polar surface area (TPSA) is 46.2 Å². The lowest BCUT2D eigenvalue weighted by molar-refractivity contribution is -0.210. The van der Waals surface area contributed by atoms with Gasteiger partial charge in [0.2, 0.25) is 0 Å². The van der Waals surface area contributed by atoms with E-state index in [9.17, 15) is 18.3 Å². The van der Waals surface area contributed by atoms with Crippen LogP contribution in [0.1, 0.15) is 11.6 Å². The summed E-state index contributed by atoms with van der Waals surface area (Å²) >= 11 is 0. The summed E-state index contributed by atoms with van der Waals surface area (Å²) in [6.07, 6.45) is -7.36. The van der Waals surface area contributed by atoms with Gasteiger partial charge in [-0.2, -0.15) is 13.2 Å². The zero-order valence-electron chi connectivity index (χ0n) is 11.9. The summed E-state index contributed by atoms with van der Waals surface area (Å²) in [6.45, 7) is 0. The van der Waals surface area contributed by atoms with Crippen molar-refractivity contribution in [2.24, 2.45) is 5.73 Å². The summed E-state index contributed by atoms with van der Waals surface area (Å²) in [5, 5.41) is 12.7. The van der Waals surface area contributed by atoms with E-state index in [-0.39, 0.29) is 12.4 Å². The van der Waals surface area contributed by atoms with Crippen LogP contribution in [0, 0.1) is 0 Å². The highest BCUT2D eigenvalue weighted by Crippen LogP contribution is 2.35. The molecule has 3 aromatic rings. The molecule has 0 spiro atoms. The van der Waals surface area contributed by atoms with E-state index in [4.69, 9.17) is 5.73 Å². The Morgan fingerprint density at radius 3 is 2.00 bits per heavy atom. The molecule has 0 heterocycles. The normalized spacial score (nSPS) is 14.5. The van der Waals surface area contributed by atoms with Crippen molar-refractivity contribution in [1.29, 1.82) is 0 Å². The van der Waals surface area contributed by atoms with Crippen molar-refractivity contribution < 1.29 is 18.3 Å². The smallest absolute Gasteiger partial charge is 0.382 e. The van der Waals surface area contributed by atoms with Crippen LogP contribution in [0.5, 0.6) is 0 Å². The van der Waals surface area contributed by atoms with Crippen molar-refractivity contribution in [3.05, 3.63) is 60.2 Å². The first-order valence-corrected chi connectivity index (χ1v) is 6.80. The maximum atomic E-state index is 12.8. The molecule has 0 saturated heterocycles. The Balaban J connectivity index is 0.00000192.